The van der Waals surface area contributed by atoms with Crippen LogP contribution in [0.2, 0.25) is 0 Å². The van der Waals surface area contributed by atoms with E-state index >= 15 is 0 Å². The molecule has 0 saturated carbocycles. The van der Waals surface area contributed by atoms with Gasteiger partial charge in [-0.2, -0.15) is 4.98 Å². The highest BCUT2D eigenvalue weighted by Gasteiger charge is 2.22. The lowest BCUT2D eigenvalue weighted by Gasteiger charge is -2.27. The van der Waals surface area contributed by atoms with Gasteiger partial charge in [-0.25, -0.2) is 4.98 Å². The number of anilines is 1. The lowest BCUT2D eigenvalue weighted by Crippen LogP contribution is -2.40. The molecule has 1 aromatic heterocycles. The van der Waals surface area contributed by atoms with E-state index in [0.717, 1.165) is 38.5 Å². The Bertz CT molecular complexity index is 448. The predicted octanol–water partition coefficient (Wildman–Crippen LogP) is 1.16. The van der Waals surface area contributed by atoms with E-state index in [4.69, 9.17) is 4.74 Å². The Morgan fingerprint density at radius 1 is 1.29 bits per heavy atom. The summed E-state index contributed by atoms with van der Waals surface area (Å²) in [7, 11) is 0. The summed E-state index contributed by atoms with van der Waals surface area (Å²) in [6, 6.07) is 1.78. The average Bonchev–Trinajstić information content (AvgIpc) is 2.63. The Morgan fingerprint density at radius 3 is 2.81 bits per heavy atom. The monoisotopic (exact) mass is 294 g/mol. The van der Waals surface area contributed by atoms with Crippen LogP contribution in [0.1, 0.15) is 27.2 Å². The lowest BCUT2D eigenvalue weighted by atomic mass is 10.1. The van der Waals surface area contributed by atoms with Gasteiger partial charge in [0.1, 0.15) is 0 Å². The highest BCUT2D eigenvalue weighted by Crippen LogP contribution is 2.16. The fraction of sp³-hybridized carbons (Fsp3) is 0.733. The first-order chi connectivity index (χ1) is 9.98. The number of nitrogens with zero attached hydrogens (tertiary/aromatic N) is 4. The summed E-state index contributed by atoms with van der Waals surface area (Å²) < 4.78 is 5.43. The predicted molar refractivity (Wildman–Crippen MR) is 82.8 cm³/mol. The Kier molecular flexibility index (Phi) is 5.36. The number of β-amino-alcohol motifs (C(OH)–C–C–N with tert-alkyl or cyclic N) is 1. The molecule has 2 heterocycles. The fourth-order valence-electron chi connectivity index (χ4n) is 2.59. The highest BCUT2D eigenvalue weighted by atomic mass is 16.5. The van der Waals surface area contributed by atoms with Crippen LogP contribution in [0.4, 0.5) is 5.95 Å². The minimum atomic E-state index is -0.652. The van der Waals surface area contributed by atoms with Crippen molar-refractivity contribution in [1.82, 2.24) is 14.9 Å². The van der Waals surface area contributed by atoms with Gasteiger partial charge in [-0.05, 0) is 27.2 Å². The zero-order chi connectivity index (χ0) is 15.3. The third kappa shape index (κ3) is 5.13. The molecule has 0 bridgehead atoms. The van der Waals surface area contributed by atoms with Gasteiger partial charge in [-0.15, -0.1) is 0 Å². The van der Waals surface area contributed by atoms with Gasteiger partial charge in [-0.1, -0.05) is 0 Å². The molecular formula is C15H26N4O2. The topological polar surface area (TPSA) is 61.7 Å². The molecule has 1 aromatic rings. The second kappa shape index (κ2) is 7.04. The molecule has 21 heavy (non-hydrogen) atoms. The first kappa shape index (κ1) is 16.0. The summed E-state index contributed by atoms with van der Waals surface area (Å²) in [4.78, 5) is 13.3. The van der Waals surface area contributed by atoms with Crippen molar-refractivity contribution in [1.29, 1.82) is 0 Å². The van der Waals surface area contributed by atoms with Crippen molar-refractivity contribution in [3.8, 4) is 5.88 Å². The SMILES string of the molecule is CCOc1ccnc(N2CCCN(CC(C)(C)O)CC2)n1. The quantitative estimate of drug-likeness (QED) is 0.879. The molecule has 0 atom stereocenters. The molecule has 2 rings (SSSR count). The van der Waals surface area contributed by atoms with Crippen molar-refractivity contribution < 1.29 is 9.84 Å². The summed E-state index contributed by atoms with van der Waals surface area (Å²) in [5.74, 6) is 1.35. The van der Waals surface area contributed by atoms with E-state index in [0.29, 0.717) is 19.0 Å². The van der Waals surface area contributed by atoms with E-state index in [1.54, 1.807) is 12.3 Å². The molecule has 0 amide bonds. The molecule has 6 nitrogen and oxygen atoms in total. The van der Waals surface area contributed by atoms with E-state index in [9.17, 15) is 5.11 Å². The molecule has 0 aliphatic carbocycles. The van der Waals surface area contributed by atoms with Crippen molar-refractivity contribution in [3.63, 3.8) is 0 Å². The van der Waals surface area contributed by atoms with E-state index in [-0.39, 0.29) is 0 Å². The second-order valence-corrected chi connectivity index (χ2v) is 6.06. The highest BCUT2D eigenvalue weighted by molar-refractivity contribution is 5.32. The van der Waals surface area contributed by atoms with Crippen molar-refractivity contribution in [2.24, 2.45) is 0 Å². The third-order valence-electron chi connectivity index (χ3n) is 3.39. The molecule has 0 spiro atoms. The Balaban J connectivity index is 1.97. The van der Waals surface area contributed by atoms with Gasteiger partial charge < -0.3 is 14.7 Å². The third-order valence-corrected chi connectivity index (χ3v) is 3.39. The first-order valence-corrected chi connectivity index (χ1v) is 7.63. The first-order valence-electron chi connectivity index (χ1n) is 7.63. The Labute approximate surface area is 126 Å². The second-order valence-electron chi connectivity index (χ2n) is 6.06. The minimum absolute atomic E-state index is 0.607. The smallest absolute Gasteiger partial charge is 0.228 e. The van der Waals surface area contributed by atoms with Crippen LogP contribution < -0.4 is 9.64 Å². The molecule has 1 fully saturated rings. The van der Waals surface area contributed by atoms with Crippen LogP contribution in [-0.2, 0) is 0 Å². The summed E-state index contributed by atoms with van der Waals surface area (Å²) >= 11 is 0. The average molecular weight is 294 g/mol. The minimum Gasteiger partial charge on any atom is -0.478 e. The molecule has 0 radical (unpaired) electrons. The molecular weight excluding hydrogens is 268 g/mol. The van der Waals surface area contributed by atoms with Gasteiger partial charge in [-0.3, -0.25) is 4.90 Å². The molecule has 1 aliphatic rings. The largest absolute Gasteiger partial charge is 0.478 e. The standard InChI is InChI=1S/C15H26N4O2/c1-4-21-13-6-7-16-14(17-13)19-9-5-8-18(10-11-19)12-15(2,3)20/h6-7,20H,4-5,8-12H2,1-3H3. The van der Waals surface area contributed by atoms with Gasteiger partial charge >= 0.3 is 0 Å². The summed E-state index contributed by atoms with van der Waals surface area (Å²) in [5, 5.41) is 9.94. The van der Waals surface area contributed by atoms with E-state index in [2.05, 4.69) is 19.8 Å². The van der Waals surface area contributed by atoms with Crippen LogP contribution >= 0.6 is 0 Å². The van der Waals surface area contributed by atoms with E-state index in [1.165, 1.54) is 0 Å². The zero-order valence-electron chi connectivity index (χ0n) is 13.2. The Morgan fingerprint density at radius 2 is 2.10 bits per heavy atom. The molecule has 1 N–H and O–H groups in total. The van der Waals surface area contributed by atoms with Crippen molar-refractivity contribution in [2.75, 3.05) is 44.2 Å². The summed E-state index contributed by atoms with van der Waals surface area (Å²) in [6.07, 6.45) is 2.78. The maximum Gasteiger partial charge on any atom is 0.228 e. The van der Waals surface area contributed by atoms with Crippen LogP contribution in [-0.4, -0.2) is 64.9 Å². The zero-order valence-corrected chi connectivity index (χ0v) is 13.2. The van der Waals surface area contributed by atoms with Crippen LogP contribution in [0.3, 0.4) is 0 Å². The molecule has 6 heteroatoms. The van der Waals surface area contributed by atoms with E-state index in [1.807, 2.05) is 20.8 Å². The van der Waals surface area contributed by atoms with Crippen LogP contribution in [0.5, 0.6) is 5.88 Å². The van der Waals surface area contributed by atoms with Crippen molar-refractivity contribution in [3.05, 3.63) is 12.3 Å². The number of hydrogen-bond donors (Lipinski definition) is 1. The van der Waals surface area contributed by atoms with Gasteiger partial charge in [0.05, 0.1) is 12.2 Å². The maximum absolute atomic E-state index is 9.94. The molecule has 118 valence electrons. The van der Waals surface area contributed by atoms with Gasteiger partial charge in [0.15, 0.2) is 0 Å². The molecule has 0 unspecified atom stereocenters. The van der Waals surface area contributed by atoms with Crippen molar-refractivity contribution in [2.45, 2.75) is 32.8 Å². The van der Waals surface area contributed by atoms with E-state index < -0.39 is 5.60 Å². The number of hydrogen-bond acceptors (Lipinski definition) is 6. The number of aliphatic hydroxyl groups is 1. The lowest BCUT2D eigenvalue weighted by molar-refractivity contribution is 0.0385. The molecule has 1 saturated heterocycles. The summed E-state index contributed by atoms with van der Waals surface area (Å²) in [6.45, 7) is 10.6. The number of ether oxygens (including phenoxy) is 1. The summed E-state index contributed by atoms with van der Waals surface area (Å²) in [5.41, 5.74) is -0.652. The fourth-order valence-corrected chi connectivity index (χ4v) is 2.59. The number of aromatic nitrogens is 2. The van der Waals surface area contributed by atoms with Gasteiger partial charge in [0.2, 0.25) is 11.8 Å². The van der Waals surface area contributed by atoms with Crippen LogP contribution in [0.25, 0.3) is 0 Å². The Hall–Kier alpha value is -1.40. The van der Waals surface area contributed by atoms with Gasteiger partial charge in [0.25, 0.3) is 0 Å². The molecule has 1 aliphatic heterocycles. The maximum atomic E-state index is 9.94. The normalized spacial score (nSPS) is 17.6. The van der Waals surface area contributed by atoms with Crippen LogP contribution in [0.15, 0.2) is 12.3 Å². The van der Waals surface area contributed by atoms with Crippen LogP contribution in [0, 0.1) is 0 Å². The van der Waals surface area contributed by atoms with Crippen molar-refractivity contribution >= 4 is 5.95 Å². The van der Waals surface area contributed by atoms with Gasteiger partial charge in [0, 0.05) is 45.0 Å². The molecule has 0 aromatic carbocycles. The number of rotatable bonds is 5.